The van der Waals surface area contributed by atoms with E-state index in [1.807, 2.05) is 20.8 Å². The summed E-state index contributed by atoms with van der Waals surface area (Å²) in [6.07, 6.45) is 4.06. The van der Waals surface area contributed by atoms with Crippen LogP contribution < -0.4 is 0 Å². The predicted molar refractivity (Wildman–Crippen MR) is 58.6 cm³/mol. The molecule has 0 amide bonds. The van der Waals surface area contributed by atoms with Crippen molar-refractivity contribution in [2.24, 2.45) is 5.92 Å². The van der Waals surface area contributed by atoms with Gasteiger partial charge in [0.1, 0.15) is 5.60 Å². The van der Waals surface area contributed by atoms with Gasteiger partial charge in [-0.3, -0.25) is 4.79 Å². The van der Waals surface area contributed by atoms with Crippen molar-refractivity contribution < 1.29 is 14.3 Å². The second-order valence-corrected chi connectivity index (χ2v) is 5.26. The Labute approximate surface area is 92.1 Å². The van der Waals surface area contributed by atoms with E-state index >= 15 is 0 Å². The fraction of sp³-hybridized carbons (Fsp3) is 0.917. The molecule has 0 bridgehead atoms. The topological polar surface area (TPSA) is 35.5 Å². The molecule has 0 aromatic heterocycles. The molecule has 0 spiro atoms. The molecule has 1 aliphatic carbocycles. The summed E-state index contributed by atoms with van der Waals surface area (Å²) in [5, 5.41) is 0. The van der Waals surface area contributed by atoms with Crippen LogP contribution in [0.25, 0.3) is 0 Å². The third kappa shape index (κ3) is 4.20. The van der Waals surface area contributed by atoms with Gasteiger partial charge in [-0.2, -0.15) is 0 Å². The van der Waals surface area contributed by atoms with Crippen LogP contribution in [-0.4, -0.2) is 24.8 Å². The molecule has 1 fully saturated rings. The number of ether oxygens (including phenoxy) is 2. The first-order chi connectivity index (χ1) is 6.92. The molecule has 2 unspecified atom stereocenters. The Morgan fingerprint density at radius 3 is 2.53 bits per heavy atom. The lowest BCUT2D eigenvalue weighted by molar-refractivity contribution is -0.156. The molecule has 15 heavy (non-hydrogen) atoms. The fourth-order valence-electron chi connectivity index (χ4n) is 2.14. The summed E-state index contributed by atoms with van der Waals surface area (Å²) < 4.78 is 10.6. The minimum Gasteiger partial charge on any atom is -0.460 e. The second-order valence-electron chi connectivity index (χ2n) is 5.26. The Kier molecular flexibility index (Phi) is 4.14. The van der Waals surface area contributed by atoms with Gasteiger partial charge in [0.25, 0.3) is 0 Å². The van der Waals surface area contributed by atoms with Gasteiger partial charge >= 0.3 is 5.97 Å². The molecule has 0 N–H and O–H groups in total. The van der Waals surface area contributed by atoms with Crippen LogP contribution >= 0.6 is 0 Å². The van der Waals surface area contributed by atoms with Gasteiger partial charge in [-0.15, -0.1) is 0 Å². The van der Waals surface area contributed by atoms with Crippen LogP contribution in [0.4, 0.5) is 0 Å². The molecule has 3 nitrogen and oxygen atoms in total. The molecule has 1 rings (SSSR count). The van der Waals surface area contributed by atoms with Crippen molar-refractivity contribution in [3.05, 3.63) is 0 Å². The molecular weight excluding hydrogens is 192 g/mol. The molecule has 0 heterocycles. The van der Waals surface area contributed by atoms with E-state index in [4.69, 9.17) is 9.47 Å². The van der Waals surface area contributed by atoms with Crippen molar-refractivity contribution in [1.82, 2.24) is 0 Å². The minimum absolute atomic E-state index is 0.101. The molecule has 0 saturated heterocycles. The van der Waals surface area contributed by atoms with Gasteiger partial charge in [0.2, 0.25) is 0 Å². The largest absolute Gasteiger partial charge is 0.460 e. The molecular formula is C12H22O3. The smallest absolute Gasteiger partial charge is 0.306 e. The first-order valence-corrected chi connectivity index (χ1v) is 5.67. The van der Waals surface area contributed by atoms with E-state index in [1.54, 1.807) is 7.11 Å². The Hall–Kier alpha value is -0.570. The van der Waals surface area contributed by atoms with Crippen LogP contribution in [0.15, 0.2) is 0 Å². The fourth-order valence-corrected chi connectivity index (χ4v) is 2.14. The molecule has 3 heteroatoms. The van der Waals surface area contributed by atoms with E-state index in [2.05, 4.69) is 0 Å². The molecule has 2 atom stereocenters. The van der Waals surface area contributed by atoms with E-state index < -0.39 is 0 Å². The van der Waals surface area contributed by atoms with Gasteiger partial charge in [-0.05, 0) is 39.5 Å². The summed E-state index contributed by atoms with van der Waals surface area (Å²) in [5.74, 6) is 0.251. The van der Waals surface area contributed by atoms with Crippen molar-refractivity contribution in [3.8, 4) is 0 Å². The summed E-state index contributed by atoms with van der Waals surface area (Å²) in [7, 11) is 1.72. The second kappa shape index (κ2) is 4.97. The molecule has 0 aromatic carbocycles. The van der Waals surface area contributed by atoms with Crippen molar-refractivity contribution >= 4 is 5.97 Å². The van der Waals surface area contributed by atoms with E-state index in [0.29, 0.717) is 12.3 Å². The summed E-state index contributed by atoms with van der Waals surface area (Å²) >= 11 is 0. The molecule has 0 aromatic rings. The van der Waals surface area contributed by atoms with Gasteiger partial charge in [0.05, 0.1) is 12.5 Å². The zero-order chi connectivity index (χ0) is 11.5. The molecule has 0 radical (unpaired) electrons. The molecule has 0 aliphatic heterocycles. The number of esters is 1. The zero-order valence-electron chi connectivity index (χ0n) is 10.2. The maximum atomic E-state index is 11.6. The maximum Gasteiger partial charge on any atom is 0.306 e. The average molecular weight is 214 g/mol. The Morgan fingerprint density at radius 2 is 2.00 bits per heavy atom. The highest BCUT2D eigenvalue weighted by atomic mass is 16.6. The summed E-state index contributed by atoms with van der Waals surface area (Å²) in [6, 6.07) is 0. The van der Waals surface area contributed by atoms with E-state index in [1.165, 1.54) is 0 Å². The number of hydrogen-bond donors (Lipinski definition) is 0. The van der Waals surface area contributed by atoms with Crippen molar-refractivity contribution in [3.63, 3.8) is 0 Å². The molecule has 88 valence electrons. The normalized spacial score (nSPS) is 26.7. The van der Waals surface area contributed by atoms with Gasteiger partial charge in [0, 0.05) is 7.11 Å². The van der Waals surface area contributed by atoms with Gasteiger partial charge in [-0.25, -0.2) is 0 Å². The maximum absolute atomic E-state index is 11.6. The average Bonchev–Trinajstić information content (AvgIpc) is 2.48. The third-order valence-corrected chi connectivity index (χ3v) is 2.74. The SMILES string of the molecule is COC1CCCC1CC(=O)OC(C)(C)C. The van der Waals surface area contributed by atoms with Crippen LogP contribution in [0.2, 0.25) is 0 Å². The van der Waals surface area contributed by atoms with Gasteiger partial charge < -0.3 is 9.47 Å². The van der Waals surface area contributed by atoms with Crippen molar-refractivity contribution in [2.75, 3.05) is 7.11 Å². The minimum atomic E-state index is -0.377. The Morgan fingerprint density at radius 1 is 1.33 bits per heavy atom. The lowest BCUT2D eigenvalue weighted by atomic mass is 10.0. The molecule has 1 saturated carbocycles. The number of carbonyl (C=O) groups is 1. The highest BCUT2D eigenvalue weighted by Crippen LogP contribution is 2.31. The monoisotopic (exact) mass is 214 g/mol. The van der Waals surface area contributed by atoms with E-state index in [-0.39, 0.29) is 17.7 Å². The van der Waals surface area contributed by atoms with Crippen LogP contribution in [0, 0.1) is 5.92 Å². The van der Waals surface area contributed by atoms with Crippen molar-refractivity contribution in [2.45, 2.75) is 58.2 Å². The third-order valence-electron chi connectivity index (χ3n) is 2.74. The van der Waals surface area contributed by atoms with Crippen molar-refractivity contribution in [1.29, 1.82) is 0 Å². The first-order valence-electron chi connectivity index (χ1n) is 5.67. The number of rotatable bonds is 3. The van der Waals surface area contributed by atoms with Crippen LogP contribution in [0.3, 0.4) is 0 Å². The van der Waals surface area contributed by atoms with Gasteiger partial charge in [0.15, 0.2) is 0 Å². The van der Waals surface area contributed by atoms with E-state index in [9.17, 15) is 4.79 Å². The summed E-state index contributed by atoms with van der Waals surface area (Å²) in [5.41, 5.74) is -0.377. The first kappa shape index (κ1) is 12.5. The lowest BCUT2D eigenvalue weighted by Crippen LogP contribution is -2.27. The van der Waals surface area contributed by atoms with Crippen LogP contribution in [0.1, 0.15) is 46.5 Å². The Balaban J connectivity index is 2.37. The highest BCUT2D eigenvalue weighted by molar-refractivity contribution is 5.70. The number of hydrogen-bond acceptors (Lipinski definition) is 3. The van der Waals surface area contributed by atoms with Crippen LogP contribution in [-0.2, 0) is 14.3 Å². The highest BCUT2D eigenvalue weighted by Gasteiger charge is 2.30. The molecule has 1 aliphatic rings. The number of methoxy groups -OCH3 is 1. The predicted octanol–water partition coefficient (Wildman–Crippen LogP) is 2.53. The van der Waals surface area contributed by atoms with Crippen LogP contribution in [0.5, 0.6) is 0 Å². The quantitative estimate of drug-likeness (QED) is 0.677. The number of carbonyl (C=O) groups excluding carboxylic acids is 1. The zero-order valence-corrected chi connectivity index (χ0v) is 10.2. The van der Waals surface area contributed by atoms with E-state index in [0.717, 1.165) is 19.3 Å². The summed E-state index contributed by atoms with van der Waals surface area (Å²) in [4.78, 5) is 11.6. The Bertz CT molecular complexity index is 217. The van der Waals surface area contributed by atoms with Gasteiger partial charge in [-0.1, -0.05) is 6.42 Å². The summed E-state index contributed by atoms with van der Waals surface area (Å²) in [6.45, 7) is 5.69. The standard InChI is InChI=1S/C12H22O3/c1-12(2,3)15-11(13)8-9-6-5-7-10(9)14-4/h9-10H,5-8H2,1-4H3. The lowest BCUT2D eigenvalue weighted by Gasteiger charge is -2.22.